The van der Waals surface area contributed by atoms with Crippen LogP contribution in [0.4, 0.5) is 27.8 Å². The number of aryl methyl sites for hydroxylation is 1. The van der Waals surface area contributed by atoms with E-state index in [1.807, 2.05) is 18.2 Å². The summed E-state index contributed by atoms with van der Waals surface area (Å²) < 4.78 is 67.0. The van der Waals surface area contributed by atoms with Crippen molar-refractivity contribution in [1.82, 2.24) is 9.97 Å². The second-order valence-corrected chi connectivity index (χ2v) is 5.83. The van der Waals surface area contributed by atoms with Crippen LogP contribution in [-0.4, -0.2) is 16.2 Å². The first-order valence-corrected chi connectivity index (χ1v) is 8.02. The molecule has 4 nitrogen and oxygen atoms in total. The maximum absolute atomic E-state index is 13.7. The summed E-state index contributed by atoms with van der Waals surface area (Å²) in [5.74, 6) is -9.63. The Hall–Kier alpha value is -3.36. The average Bonchev–Trinajstić information content (AvgIpc) is 2.71. The van der Waals surface area contributed by atoms with Crippen molar-refractivity contribution in [2.75, 3.05) is 5.43 Å². The highest BCUT2D eigenvalue weighted by atomic mass is 19.2. The number of aromatic nitrogens is 2. The molecule has 0 aliphatic carbocycles. The third kappa shape index (κ3) is 3.55. The Morgan fingerprint density at radius 1 is 0.821 bits per heavy atom. The Labute approximate surface area is 156 Å². The molecular formula is C19H13F5N4. The fraction of sp³-hybridized carbons (Fsp3) is 0.105. The predicted molar refractivity (Wildman–Crippen MR) is 94.4 cm³/mol. The van der Waals surface area contributed by atoms with Gasteiger partial charge in [0.15, 0.2) is 34.9 Å². The molecule has 1 N–H and O–H groups in total. The SMILES string of the molecule is Cc1nc(-c2ccccc2)nc(N/N=C\c2c(F)c(F)c(F)c(F)c2F)c1C. The number of nitrogens with zero attached hydrogens (tertiary/aromatic N) is 3. The zero-order valence-electron chi connectivity index (χ0n) is 14.7. The van der Waals surface area contributed by atoms with E-state index in [0.29, 0.717) is 23.3 Å². The van der Waals surface area contributed by atoms with Crippen LogP contribution >= 0.6 is 0 Å². The maximum atomic E-state index is 13.7. The number of hydrogen-bond donors (Lipinski definition) is 1. The molecule has 0 fully saturated rings. The molecule has 3 aromatic rings. The maximum Gasteiger partial charge on any atom is 0.200 e. The third-order valence-electron chi connectivity index (χ3n) is 4.03. The van der Waals surface area contributed by atoms with Gasteiger partial charge in [-0.3, -0.25) is 5.43 Å². The second-order valence-electron chi connectivity index (χ2n) is 5.83. The summed E-state index contributed by atoms with van der Waals surface area (Å²) in [6, 6.07) is 9.04. The lowest BCUT2D eigenvalue weighted by Gasteiger charge is -2.10. The van der Waals surface area contributed by atoms with Gasteiger partial charge in [-0.2, -0.15) is 5.10 Å². The first kappa shape index (κ1) is 19.4. The van der Waals surface area contributed by atoms with Gasteiger partial charge in [0.25, 0.3) is 0 Å². The van der Waals surface area contributed by atoms with Crippen molar-refractivity contribution in [3.05, 3.63) is 76.2 Å². The predicted octanol–water partition coefficient (Wildman–Crippen LogP) is 4.90. The monoisotopic (exact) mass is 392 g/mol. The minimum absolute atomic E-state index is 0.228. The Balaban J connectivity index is 1.95. The Morgan fingerprint density at radius 2 is 1.39 bits per heavy atom. The largest absolute Gasteiger partial charge is 0.261 e. The second kappa shape index (κ2) is 7.71. The summed E-state index contributed by atoms with van der Waals surface area (Å²) >= 11 is 0. The van der Waals surface area contributed by atoms with E-state index in [1.54, 1.807) is 26.0 Å². The zero-order chi connectivity index (χ0) is 20.4. The van der Waals surface area contributed by atoms with E-state index in [2.05, 4.69) is 20.5 Å². The molecule has 0 spiro atoms. The lowest BCUT2D eigenvalue weighted by molar-refractivity contribution is 0.377. The average molecular weight is 392 g/mol. The molecule has 0 amide bonds. The number of benzene rings is 2. The van der Waals surface area contributed by atoms with Gasteiger partial charge in [0.1, 0.15) is 0 Å². The van der Waals surface area contributed by atoms with Crippen molar-refractivity contribution in [3.63, 3.8) is 0 Å². The number of halogens is 5. The minimum Gasteiger partial charge on any atom is -0.261 e. The highest BCUT2D eigenvalue weighted by Gasteiger charge is 2.24. The lowest BCUT2D eigenvalue weighted by atomic mass is 10.2. The molecule has 1 heterocycles. The standard InChI is InChI=1S/C19H13F5N4/c1-9-10(2)26-19(11-6-4-3-5-7-11)27-18(9)28-25-8-12-13(20)15(22)17(24)16(23)14(12)21/h3-8H,1-2H3,(H,26,27,28)/b25-8-. The molecule has 9 heteroatoms. The summed E-state index contributed by atoms with van der Waals surface area (Å²) in [5.41, 5.74) is 3.28. The molecule has 0 atom stereocenters. The smallest absolute Gasteiger partial charge is 0.200 e. The molecule has 0 radical (unpaired) electrons. The summed E-state index contributed by atoms with van der Waals surface area (Å²) in [4.78, 5) is 8.66. The molecule has 3 rings (SSSR count). The van der Waals surface area contributed by atoms with Crippen molar-refractivity contribution in [1.29, 1.82) is 0 Å². The van der Waals surface area contributed by atoms with Crippen LogP contribution in [0.1, 0.15) is 16.8 Å². The normalized spacial score (nSPS) is 11.2. The van der Waals surface area contributed by atoms with Crippen molar-refractivity contribution < 1.29 is 22.0 Å². The van der Waals surface area contributed by atoms with Crippen LogP contribution in [-0.2, 0) is 0 Å². The molecule has 28 heavy (non-hydrogen) atoms. The van der Waals surface area contributed by atoms with E-state index >= 15 is 0 Å². The van der Waals surface area contributed by atoms with Gasteiger partial charge in [-0.15, -0.1) is 0 Å². The summed E-state index contributed by atoms with van der Waals surface area (Å²) in [6.07, 6.45) is 0.509. The Kier molecular flexibility index (Phi) is 5.34. The topological polar surface area (TPSA) is 50.2 Å². The highest BCUT2D eigenvalue weighted by Crippen LogP contribution is 2.23. The first-order chi connectivity index (χ1) is 13.3. The molecular weight excluding hydrogens is 379 g/mol. The van der Waals surface area contributed by atoms with Crippen molar-refractivity contribution >= 4 is 12.0 Å². The molecule has 0 saturated heterocycles. The first-order valence-electron chi connectivity index (χ1n) is 8.02. The van der Waals surface area contributed by atoms with E-state index in [9.17, 15) is 22.0 Å². The number of nitrogens with one attached hydrogen (secondary N) is 1. The third-order valence-corrected chi connectivity index (χ3v) is 4.03. The molecule has 144 valence electrons. The van der Waals surface area contributed by atoms with E-state index in [-0.39, 0.29) is 5.82 Å². The quantitative estimate of drug-likeness (QED) is 0.226. The number of hydrazone groups is 1. The van der Waals surface area contributed by atoms with Crippen molar-refractivity contribution in [2.24, 2.45) is 5.10 Å². The van der Waals surface area contributed by atoms with E-state index in [4.69, 9.17) is 0 Å². The van der Waals surface area contributed by atoms with Gasteiger partial charge in [-0.25, -0.2) is 31.9 Å². The molecule has 0 unspecified atom stereocenters. The van der Waals surface area contributed by atoms with Gasteiger partial charge in [-0.1, -0.05) is 30.3 Å². The van der Waals surface area contributed by atoms with Crippen LogP contribution < -0.4 is 5.43 Å². The van der Waals surface area contributed by atoms with Crippen LogP contribution in [0, 0.1) is 42.9 Å². The summed E-state index contributed by atoms with van der Waals surface area (Å²) in [7, 11) is 0. The molecule has 1 aromatic heterocycles. The number of anilines is 1. The van der Waals surface area contributed by atoms with Crippen LogP contribution in [0.5, 0.6) is 0 Å². The fourth-order valence-corrected chi connectivity index (χ4v) is 2.35. The van der Waals surface area contributed by atoms with Crippen molar-refractivity contribution in [2.45, 2.75) is 13.8 Å². The van der Waals surface area contributed by atoms with Crippen LogP contribution in [0.2, 0.25) is 0 Å². The Morgan fingerprint density at radius 3 is 2.00 bits per heavy atom. The lowest BCUT2D eigenvalue weighted by Crippen LogP contribution is -2.08. The number of hydrogen-bond acceptors (Lipinski definition) is 4. The summed E-state index contributed by atoms with van der Waals surface area (Å²) in [6.45, 7) is 3.43. The van der Waals surface area contributed by atoms with E-state index in [0.717, 1.165) is 5.56 Å². The Bertz CT molecular complexity index is 1040. The molecule has 0 bridgehead atoms. The van der Waals surface area contributed by atoms with Gasteiger partial charge >= 0.3 is 0 Å². The van der Waals surface area contributed by atoms with Crippen LogP contribution in [0.15, 0.2) is 35.4 Å². The van der Waals surface area contributed by atoms with Crippen LogP contribution in [0.25, 0.3) is 11.4 Å². The van der Waals surface area contributed by atoms with Gasteiger partial charge in [0.2, 0.25) is 5.82 Å². The zero-order valence-corrected chi connectivity index (χ0v) is 14.7. The van der Waals surface area contributed by atoms with E-state index < -0.39 is 34.6 Å². The summed E-state index contributed by atoms with van der Waals surface area (Å²) in [5, 5.41) is 3.58. The minimum atomic E-state index is -2.23. The fourth-order valence-electron chi connectivity index (χ4n) is 2.35. The molecule has 0 aliphatic heterocycles. The molecule has 0 saturated carbocycles. The van der Waals surface area contributed by atoms with Crippen LogP contribution in [0.3, 0.4) is 0 Å². The van der Waals surface area contributed by atoms with Gasteiger partial charge < -0.3 is 0 Å². The van der Waals surface area contributed by atoms with Gasteiger partial charge in [-0.05, 0) is 13.8 Å². The number of rotatable bonds is 4. The molecule has 0 aliphatic rings. The van der Waals surface area contributed by atoms with Gasteiger partial charge in [0.05, 0.1) is 11.8 Å². The van der Waals surface area contributed by atoms with Crippen molar-refractivity contribution in [3.8, 4) is 11.4 Å². The van der Waals surface area contributed by atoms with Gasteiger partial charge in [0, 0.05) is 16.8 Å². The molecule has 2 aromatic carbocycles. The van der Waals surface area contributed by atoms with E-state index in [1.165, 1.54) is 0 Å². The highest BCUT2D eigenvalue weighted by molar-refractivity contribution is 5.81.